The number of imidazole rings is 1. The van der Waals surface area contributed by atoms with Gasteiger partial charge < -0.3 is 4.74 Å². The molecule has 136 valence electrons. The second-order valence-electron chi connectivity index (χ2n) is 7.74. The number of aromatic nitrogens is 4. The molecule has 0 N–H and O–H groups in total. The minimum absolute atomic E-state index is 0.0453. The van der Waals surface area contributed by atoms with Crippen molar-refractivity contribution in [3.05, 3.63) is 54.2 Å². The Balaban J connectivity index is 1.62. The zero-order chi connectivity index (χ0) is 18.0. The minimum Gasteiger partial charge on any atom is -0.358 e. The van der Waals surface area contributed by atoms with Crippen LogP contribution in [0.3, 0.4) is 0 Å². The third kappa shape index (κ3) is 3.36. The largest absolute Gasteiger partial charge is 0.358 e. The molecule has 5 nitrogen and oxygen atoms in total. The van der Waals surface area contributed by atoms with Gasteiger partial charge in [0, 0.05) is 12.0 Å². The van der Waals surface area contributed by atoms with Crippen LogP contribution >= 0.6 is 0 Å². The third-order valence-corrected chi connectivity index (χ3v) is 5.35. The van der Waals surface area contributed by atoms with Gasteiger partial charge in [0.05, 0.1) is 12.0 Å². The summed E-state index contributed by atoms with van der Waals surface area (Å²) in [7, 11) is 0. The van der Waals surface area contributed by atoms with E-state index in [9.17, 15) is 0 Å². The monoisotopic (exact) mass is 350 g/mol. The minimum atomic E-state index is -0.0797. The van der Waals surface area contributed by atoms with Crippen molar-refractivity contribution in [3.8, 4) is 0 Å². The van der Waals surface area contributed by atoms with Crippen molar-refractivity contribution in [3.63, 3.8) is 0 Å². The molecule has 0 aliphatic carbocycles. The van der Waals surface area contributed by atoms with Gasteiger partial charge in [-0.15, -0.1) is 0 Å². The molecular weight excluding hydrogens is 324 g/mol. The summed E-state index contributed by atoms with van der Waals surface area (Å²) in [5.74, 6) is 0. The Labute approximate surface area is 154 Å². The number of aryl methyl sites for hydroxylation is 1. The molecular formula is C21H26N4O. The molecule has 1 aliphatic heterocycles. The maximum atomic E-state index is 5.92. The molecule has 0 radical (unpaired) electrons. The molecule has 5 heteroatoms. The zero-order valence-electron chi connectivity index (χ0n) is 15.6. The third-order valence-electron chi connectivity index (χ3n) is 5.35. The Morgan fingerprint density at radius 3 is 2.73 bits per heavy atom. The molecule has 0 saturated carbocycles. The first-order chi connectivity index (χ1) is 12.6. The highest BCUT2D eigenvalue weighted by Crippen LogP contribution is 2.33. The van der Waals surface area contributed by atoms with Crippen LogP contribution in [0.5, 0.6) is 0 Å². The van der Waals surface area contributed by atoms with Gasteiger partial charge in [0.25, 0.3) is 0 Å². The highest BCUT2D eigenvalue weighted by molar-refractivity contribution is 5.74. The van der Waals surface area contributed by atoms with E-state index in [0.29, 0.717) is 0 Å². The average molecular weight is 350 g/mol. The molecule has 0 spiro atoms. The van der Waals surface area contributed by atoms with Gasteiger partial charge in [-0.05, 0) is 37.7 Å². The normalized spacial score (nSPS) is 18.3. The van der Waals surface area contributed by atoms with Crippen molar-refractivity contribution in [1.82, 2.24) is 19.5 Å². The van der Waals surface area contributed by atoms with Crippen LogP contribution in [0, 0.1) is 0 Å². The van der Waals surface area contributed by atoms with Crippen molar-refractivity contribution in [2.75, 3.05) is 6.61 Å². The van der Waals surface area contributed by atoms with Gasteiger partial charge >= 0.3 is 0 Å². The van der Waals surface area contributed by atoms with Gasteiger partial charge in [-0.3, -0.25) is 4.57 Å². The van der Waals surface area contributed by atoms with E-state index in [1.54, 1.807) is 6.33 Å². The number of rotatable bonds is 5. The van der Waals surface area contributed by atoms with Crippen LogP contribution in [0.25, 0.3) is 11.2 Å². The number of ether oxygens (including phenoxy) is 1. The van der Waals surface area contributed by atoms with Gasteiger partial charge in [-0.25, -0.2) is 15.0 Å². The summed E-state index contributed by atoms with van der Waals surface area (Å²) in [6.07, 6.45) is 8.95. The summed E-state index contributed by atoms with van der Waals surface area (Å²) in [5.41, 5.74) is 4.08. The van der Waals surface area contributed by atoms with Crippen LogP contribution in [0.2, 0.25) is 0 Å². The molecule has 1 aromatic carbocycles. The van der Waals surface area contributed by atoms with Crippen molar-refractivity contribution in [2.45, 2.75) is 57.6 Å². The Bertz CT molecular complexity index is 866. The number of benzene rings is 1. The zero-order valence-corrected chi connectivity index (χ0v) is 15.6. The Morgan fingerprint density at radius 2 is 1.96 bits per heavy atom. The van der Waals surface area contributed by atoms with Gasteiger partial charge in [0.1, 0.15) is 18.1 Å². The van der Waals surface area contributed by atoms with Crippen molar-refractivity contribution < 1.29 is 4.74 Å². The predicted octanol–water partition coefficient (Wildman–Crippen LogP) is 4.44. The Kier molecular flexibility index (Phi) is 4.72. The van der Waals surface area contributed by atoms with Crippen LogP contribution in [0.15, 0.2) is 43.0 Å². The molecule has 2 aromatic heterocycles. The van der Waals surface area contributed by atoms with Crippen molar-refractivity contribution >= 4 is 11.2 Å². The first-order valence-electron chi connectivity index (χ1n) is 9.49. The van der Waals surface area contributed by atoms with E-state index in [4.69, 9.17) is 4.74 Å². The second kappa shape index (κ2) is 7.16. The Morgan fingerprint density at radius 1 is 1.12 bits per heavy atom. The fraction of sp³-hybridized carbons (Fsp3) is 0.476. The van der Waals surface area contributed by atoms with Crippen LogP contribution < -0.4 is 0 Å². The average Bonchev–Trinajstić information content (AvgIpc) is 3.12. The lowest BCUT2D eigenvalue weighted by Gasteiger charge is -2.25. The molecule has 0 bridgehead atoms. The second-order valence-corrected chi connectivity index (χ2v) is 7.74. The number of fused-ring (bicyclic) bond motifs is 1. The molecule has 0 amide bonds. The van der Waals surface area contributed by atoms with Crippen LogP contribution in [0.4, 0.5) is 0 Å². The van der Waals surface area contributed by atoms with Gasteiger partial charge in [0.2, 0.25) is 0 Å². The van der Waals surface area contributed by atoms with Gasteiger partial charge in [0.15, 0.2) is 5.65 Å². The molecule has 4 rings (SSSR count). The molecule has 1 fully saturated rings. The standard InChI is InChI=1S/C21H26N4O/c1-21(2,12-11-16-8-4-3-5-9-16)19-18-20(23-14-22-19)25(15-24-18)17-10-6-7-13-26-17/h3-5,8-9,14-15,17H,6-7,10-13H2,1-2H3. The first kappa shape index (κ1) is 17.2. The SMILES string of the molecule is CC(C)(CCc1ccccc1)c1ncnc2c1ncn2C1CCCCO1. The molecule has 3 heterocycles. The summed E-state index contributed by atoms with van der Waals surface area (Å²) in [6, 6.07) is 10.6. The van der Waals surface area contributed by atoms with Gasteiger partial charge in [-0.2, -0.15) is 0 Å². The maximum absolute atomic E-state index is 5.92. The fourth-order valence-corrected chi connectivity index (χ4v) is 3.72. The summed E-state index contributed by atoms with van der Waals surface area (Å²) in [4.78, 5) is 13.8. The van der Waals surface area contributed by atoms with E-state index >= 15 is 0 Å². The Hall–Kier alpha value is -2.27. The van der Waals surface area contributed by atoms with E-state index < -0.39 is 0 Å². The van der Waals surface area contributed by atoms with E-state index in [1.165, 1.54) is 12.0 Å². The summed E-state index contributed by atoms with van der Waals surface area (Å²) in [6.45, 7) is 5.30. The molecule has 1 saturated heterocycles. The van der Waals surface area contributed by atoms with Crippen LogP contribution in [-0.4, -0.2) is 26.1 Å². The lowest BCUT2D eigenvalue weighted by Crippen LogP contribution is -2.21. The van der Waals surface area contributed by atoms with E-state index in [0.717, 1.165) is 49.1 Å². The maximum Gasteiger partial charge on any atom is 0.165 e. The van der Waals surface area contributed by atoms with E-state index in [1.807, 2.05) is 6.33 Å². The topological polar surface area (TPSA) is 52.8 Å². The fourth-order valence-electron chi connectivity index (χ4n) is 3.72. The summed E-state index contributed by atoms with van der Waals surface area (Å²) < 4.78 is 8.00. The number of hydrogen-bond acceptors (Lipinski definition) is 4. The summed E-state index contributed by atoms with van der Waals surface area (Å²) in [5, 5.41) is 0. The van der Waals surface area contributed by atoms with Crippen LogP contribution in [-0.2, 0) is 16.6 Å². The lowest BCUT2D eigenvalue weighted by atomic mass is 9.82. The molecule has 1 unspecified atom stereocenters. The lowest BCUT2D eigenvalue weighted by molar-refractivity contribution is -0.0298. The van der Waals surface area contributed by atoms with Crippen LogP contribution in [0.1, 0.15) is 57.0 Å². The van der Waals surface area contributed by atoms with E-state index in [2.05, 4.69) is 63.7 Å². The predicted molar refractivity (Wildman–Crippen MR) is 102 cm³/mol. The molecule has 1 aliphatic rings. The highest BCUT2D eigenvalue weighted by Gasteiger charge is 2.28. The molecule has 26 heavy (non-hydrogen) atoms. The number of nitrogens with zero attached hydrogens (tertiary/aromatic N) is 4. The highest BCUT2D eigenvalue weighted by atomic mass is 16.5. The first-order valence-corrected chi connectivity index (χ1v) is 9.49. The van der Waals surface area contributed by atoms with Crippen molar-refractivity contribution in [1.29, 1.82) is 0 Å². The van der Waals surface area contributed by atoms with Crippen molar-refractivity contribution in [2.24, 2.45) is 0 Å². The number of hydrogen-bond donors (Lipinski definition) is 0. The van der Waals surface area contributed by atoms with Gasteiger partial charge in [-0.1, -0.05) is 44.2 Å². The summed E-state index contributed by atoms with van der Waals surface area (Å²) >= 11 is 0. The van der Waals surface area contributed by atoms with E-state index in [-0.39, 0.29) is 11.6 Å². The molecule has 3 aromatic rings. The smallest absolute Gasteiger partial charge is 0.165 e. The molecule has 1 atom stereocenters. The quantitative estimate of drug-likeness (QED) is 0.683.